The van der Waals surface area contributed by atoms with Crippen LogP contribution in [0.4, 0.5) is 5.69 Å². The van der Waals surface area contributed by atoms with E-state index < -0.39 is 0 Å². The SMILES string of the molecule is CC(=O)c1ccc(NC(=O)CCOc2ccccc2)cc1. The van der Waals surface area contributed by atoms with E-state index in [4.69, 9.17) is 4.74 Å². The predicted octanol–water partition coefficient (Wildman–Crippen LogP) is 3.30. The summed E-state index contributed by atoms with van der Waals surface area (Å²) in [5, 5.41) is 2.76. The van der Waals surface area contributed by atoms with Crippen molar-refractivity contribution in [1.82, 2.24) is 0 Å². The van der Waals surface area contributed by atoms with Crippen molar-refractivity contribution in [2.45, 2.75) is 13.3 Å². The van der Waals surface area contributed by atoms with Crippen molar-refractivity contribution in [2.24, 2.45) is 0 Å². The predicted molar refractivity (Wildman–Crippen MR) is 81.6 cm³/mol. The molecular weight excluding hydrogens is 266 g/mol. The van der Waals surface area contributed by atoms with Crippen molar-refractivity contribution in [2.75, 3.05) is 11.9 Å². The minimum atomic E-state index is -0.124. The maximum absolute atomic E-state index is 11.8. The first-order valence-electron chi connectivity index (χ1n) is 6.74. The summed E-state index contributed by atoms with van der Waals surface area (Å²) >= 11 is 0. The molecule has 0 heterocycles. The number of hydrogen-bond donors (Lipinski definition) is 1. The van der Waals surface area contributed by atoms with Crippen LogP contribution in [0, 0.1) is 0 Å². The van der Waals surface area contributed by atoms with Crippen LogP contribution in [0.5, 0.6) is 5.75 Å². The largest absolute Gasteiger partial charge is 0.493 e. The number of anilines is 1. The highest BCUT2D eigenvalue weighted by molar-refractivity contribution is 5.95. The number of hydrogen-bond acceptors (Lipinski definition) is 3. The molecule has 0 radical (unpaired) electrons. The molecule has 0 unspecified atom stereocenters. The lowest BCUT2D eigenvalue weighted by molar-refractivity contribution is -0.116. The van der Waals surface area contributed by atoms with Crippen molar-refractivity contribution >= 4 is 17.4 Å². The van der Waals surface area contributed by atoms with Gasteiger partial charge in [-0.1, -0.05) is 18.2 Å². The first-order chi connectivity index (χ1) is 10.1. The second-order valence-corrected chi connectivity index (χ2v) is 4.59. The van der Waals surface area contributed by atoms with Gasteiger partial charge in [-0.05, 0) is 43.3 Å². The van der Waals surface area contributed by atoms with E-state index in [1.165, 1.54) is 6.92 Å². The Morgan fingerprint density at radius 3 is 2.29 bits per heavy atom. The number of rotatable bonds is 6. The Kier molecular flexibility index (Phi) is 5.10. The standard InChI is InChI=1S/C17H17NO3/c1-13(19)14-7-9-15(10-8-14)18-17(20)11-12-21-16-5-3-2-4-6-16/h2-10H,11-12H2,1H3,(H,18,20). The zero-order valence-electron chi connectivity index (χ0n) is 11.8. The van der Waals surface area contributed by atoms with Crippen LogP contribution in [0.15, 0.2) is 54.6 Å². The van der Waals surface area contributed by atoms with Crippen LogP contribution in [0.1, 0.15) is 23.7 Å². The van der Waals surface area contributed by atoms with E-state index in [1.807, 2.05) is 30.3 Å². The number of nitrogens with one attached hydrogen (secondary N) is 1. The van der Waals surface area contributed by atoms with E-state index in [0.717, 1.165) is 5.75 Å². The number of para-hydroxylation sites is 1. The maximum atomic E-state index is 11.8. The third-order valence-corrected chi connectivity index (χ3v) is 2.92. The highest BCUT2D eigenvalue weighted by atomic mass is 16.5. The number of carbonyl (C=O) groups excluding carboxylic acids is 2. The number of amides is 1. The summed E-state index contributed by atoms with van der Waals surface area (Å²) in [5.41, 5.74) is 1.30. The fourth-order valence-electron chi connectivity index (χ4n) is 1.79. The fourth-order valence-corrected chi connectivity index (χ4v) is 1.79. The zero-order chi connectivity index (χ0) is 15.1. The second kappa shape index (κ2) is 7.24. The smallest absolute Gasteiger partial charge is 0.227 e. The van der Waals surface area contributed by atoms with Gasteiger partial charge in [-0.15, -0.1) is 0 Å². The van der Waals surface area contributed by atoms with Crippen molar-refractivity contribution < 1.29 is 14.3 Å². The fraction of sp³-hybridized carbons (Fsp3) is 0.176. The molecule has 108 valence electrons. The summed E-state index contributed by atoms with van der Waals surface area (Å²) in [6.07, 6.45) is 0.267. The van der Waals surface area contributed by atoms with Crippen molar-refractivity contribution in [3.8, 4) is 5.75 Å². The van der Waals surface area contributed by atoms with Gasteiger partial charge in [0.05, 0.1) is 13.0 Å². The molecule has 1 amide bonds. The Morgan fingerprint density at radius 2 is 1.67 bits per heavy atom. The number of carbonyl (C=O) groups is 2. The minimum absolute atomic E-state index is 0.00383. The normalized spacial score (nSPS) is 9.95. The summed E-state index contributed by atoms with van der Waals surface area (Å²) in [5.74, 6) is 0.627. The quantitative estimate of drug-likeness (QED) is 0.828. The van der Waals surface area contributed by atoms with Gasteiger partial charge in [-0.25, -0.2) is 0 Å². The first kappa shape index (κ1) is 14.8. The molecule has 2 aromatic rings. The van der Waals surface area contributed by atoms with Gasteiger partial charge in [0.25, 0.3) is 0 Å². The van der Waals surface area contributed by atoms with E-state index in [9.17, 15) is 9.59 Å². The van der Waals surface area contributed by atoms with Gasteiger partial charge in [0.15, 0.2) is 5.78 Å². The maximum Gasteiger partial charge on any atom is 0.227 e. The molecule has 21 heavy (non-hydrogen) atoms. The Bertz CT molecular complexity index is 606. The third kappa shape index (κ3) is 4.76. The van der Waals surface area contributed by atoms with E-state index in [0.29, 0.717) is 17.9 Å². The highest BCUT2D eigenvalue weighted by Gasteiger charge is 2.04. The lowest BCUT2D eigenvalue weighted by Crippen LogP contribution is -2.15. The van der Waals surface area contributed by atoms with Crippen LogP contribution >= 0.6 is 0 Å². The van der Waals surface area contributed by atoms with E-state index in [2.05, 4.69) is 5.32 Å². The molecule has 0 bridgehead atoms. The molecule has 0 fully saturated rings. The summed E-state index contributed by atoms with van der Waals surface area (Å²) in [6, 6.07) is 16.2. The molecular formula is C17H17NO3. The zero-order valence-corrected chi connectivity index (χ0v) is 11.8. The molecule has 2 rings (SSSR count). The van der Waals surface area contributed by atoms with Crippen LogP contribution < -0.4 is 10.1 Å². The molecule has 0 aromatic heterocycles. The van der Waals surface area contributed by atoms with Crippen molar-refractivity contribution in [1.29, 1.82) is 0 Å². The summed E-state index contributed by atoms with van der Waals surface area (Å²) in [4.78, 5) is 22.9. The lowest BCUT2D eigenvalue weighted by atomic mass is 10.1. The molecule has 0 aliphatic carbocycles. The average Bonchev–Trinajstić information content (AvgIpc) is 2.49. The Balaban J connectivity index is 1.78. The molecule has 0 aliphatic heterocycles. The van der Waals surface area contributed by atoms with Crippen LogP contribution in [-0.2, 0) is 4.79 Å². The lowest BCUT2D eigenvalue weighted by Gasteiger charge is -2.07. The topological polar surface area (TPSA) is 55.4 Å². The first-order valence-corrected chi connectivity index (χ1v) is 6.74. The molecule has 0 saturated heterocycles. The summed E-state index contributed by atoms with van der Waals surface area (Å²) in [6.45, 7) is 1.83. The molecule has 0 saturated carbocycles. The van der Waals surface area contributed by atoms with Crippen LogP contribution in [-0.4, -0.2) is 18.3 Å². The Labute approximate surface area is 123 Å². The molecule has 0 spiro atoms. The van der Waals surface area contributed by atoms with E-state index in [-0.39, 0.29) is 18.1 Å². The molecule has 1 N–H and O–H groups in total. The van der Waals surface area contributed by atoms with Gasteiger partial charge in [0.2, 0.25) is 5.91 Å². The van der Waals surface area contributed by atoms with Gasteiger partial charge in [0.1, 0.15) is 5.75 Å². The number of Topliss-reactive ketones (excluding diaryl/α,β-unsaturated/α-hetero) is 1. The minimum Gasteiger partial charge on any atom is -0.493 e. The third-order valence-electron chi connectivity index (χ3n) is 2.92. The number of benzene rings is 2. The van der Waals surface area contributed by atoms with Gasteiger partial charge in [-0.2, -0.15) is 0 Å². The van der Waals surface area contributed by atoms with Crippen LogP contribution in [0.3, 0.4) is 0 Å². The van der Waals surface area contributed by atoms with Crippen molar-refractivity contribution in [3.05, 3.63) is 60.2 Å². The van der Waals surface area contributed by atoms with Gasteiger partial charge >= 0.3 is 0 Å². The Hall–Kier alpha value is -2.62. The Morgan fingerprint density at radius 1 is 1.00 bits per heavy atom. The molecule has 2 aromatic carbocycles. The summed E-state index contributed by atoms with van der Waals surface area (Å²) < 4.78 is 5.46. The van der Waals surface area contributed by atoms with Gasteiger partial charge in [-0.3, -0.25) is 9.59 Å². The van der Waals surface area contributed by atoms with Gasteiger partial charge < -0.3 is 10.1 Å². The van der Waals surface area contributed by atoms with Crippen LogP contribution in [0.2, 0.25) is 0 Å². The monoisotopic (exact) mass is 283 g/mol. The summed E-state index contributed by atoms with van der Waals surface area (Å²) in [7, 11) is 0. The number of ketones is 1. The van der Waals surface area contributed by atoms with Crippen LogP contribution in [0.25, 0.3) is 0 Å². The number of ether oxygens (including phenoxy) is 1. The second-order valence-electron chi connectivity index (χ2n) is 4.59. The van der Waals surface area contributed by atoms with E-state index in [1.54, 1.807) is 24.3 Å². The molecule has 0 atom stereocenters. The molecule has 4 nitrogen and oxygen atoms in total. The van der Waals surface area contributed by atoms with Gasteiger partial charge in [0, 0.05) is 11.3 Å². The molecule has 4 heteroatoms. The highest BCUT2D eigenvalue weighted by Crippen LogP contribution is 2.11. The van der Waals surface area contributed by atoms with E-state index >= 15 is 0 Å². The molecule has 0 aliphatic rings. The average molecular weight is 283 g/mol. The van der Waals surface area contributed by atoms with Crippen molar-refractivity contribution in [3.63, 3.8) is 0 Å².